The van der Waals surface area contributed by atoms with E-state index < -0.39 is 5.97 Å². The summed E-state index contributed by atoms with van der Waals surface area (Å²) in [7, 11) is 3.28. The topological polar surface area (TPSA) is 77.2 Å². The van der Waals surface area contributed by atoms with Crippen LogP contribution in [-0.4, -0.2) is 47.4 Å². The van der Waals surface area contributed by atoms with Crippen LogP contribution in [0.1, 0.15) is 66.0 Å². The van der Waals surface area contributed by atoms with Gasteiger partial charge in [0.05, 0.1) is 30.0 Å². The van der Waals surface area contributed by atoms with E-state index in [-0.39, 0.29) is 17.3 Å². The molecule has 2 fully saturated rings. The van der Waals surface area contributed by atoms with Crippen molar-refractivity contribution in [2.24, 2.45) is 11.0 Å². The fourth-order valence-corrected chi connectivity index (χ4v) is 7.42. The number of fused-ring (bicyclic) bond motifs is 1. The second-order valence-corrected chi connectivity index (χ2v) is 12.9. The molecule has 0 bridgehead atoms. The standard InChI is InChI=1S/C32H30Cl3N3O4/c1-38-27-12-17(8-10-20(27)30(36-38)32(39)40-2)21-14-22(21)19-11-9-18(13-26(19)35)41-15-23-29(37-42-31(23)16-6-7-16)28-24(33)4-3-5-25(28)34/h3-5,8-11,13,16,21-22,24,27-28H,6-7,12,14-15H2,1-2H3. The highest BCUT2D eigenvalue weighted by Gasteiger charge is 2.45. The lowest BCUT2D eigenvalue weighted by atomic mass is 9.88. The fourth-order valence-electron chi connectivity index (χ4n) is 6.39. The third-order valence-corrected chi connectivity index (χ3v) is 9.99. The third kappa shape index (κ3) is 4.99. The number of ether oxygens (including phenoxy) is 2. The number of esters is 1. The summed E-state index contributed by atoms with van der Waals surface area (Å²) in [6.07, 6.45) is 13.8. The molecule has 5 aliphatic rings. The Balaban J connectivity index is 1.05. The lowest BCUT2D eigenvalue weighted by Gasteiger charge is -2.24. The summed E-state index contributed by atoms with van der Waals surface area (Å²) >= 11 is 20.0. The molecule has 1 aliphatic heterocycles. The van der Waals surface area contributed by atoms with Crippen molar-refractivity contribution in [3.8, 4) is 5.75 Å². The zero-order valence-electron chi connectivity index (χ0n) is 23.2. The molecule has 218 valence electrons. The van der Waals surface area contributed by atoms with Crippen molar-refractivity contribution in [3.05, 3.63) is 92.4 Å². The van der Waals surface area contributed by atoms with Crippen LogP contribution in [-0.2, 0) is 16.1 Å². The van der Waals surface area contributed by atoms with Crippen molar-refractivity contribution in [2.75, 3.05) is 14.2 Å². The molecule has 1 aromatic carbocycles. The van der Waals surface area contributed by atoms with Gasteiger partial charge in [0.25, 0.3) is 0 Å². The van der Waals surface area contributed by atoms with Gasteiger partial charge in [0.15, 0.2) is 5.71 Å². The number of aromatic nitrogens is 1. The molecule has 5 unspecified atom stereocenters. The predicted molar refractivity (Wildman–Crippen MR) is 162 cm³/mol. The number of benzene rings is 1. The maximum absolute atomic E-state index is 12.1. The number of alkyl halides is 1. The second kappa shape index (κ2) is 10.9. The zero-order valence-corrected chi connectivity index (χ0v) is 25.5. The normalized spacial score (nSPS) is 28.0. The molecule has 2 aromatic rings. The smallest absolute Gasteiger partial charge is 0.358 e. The Morgan fingerprint density at radius 2 is 2.00 bits per heavy atom. The summed E-state index contributed by atoms with van der Waals surface area (Å²) in [4.78, 5) is 12.1. The number of hydrogen-bond acceptors (Lipinski definition) is 7. The number of methoxy groups -OCH3 is 1. The van der Waals surface area contributed by atoms with Crippen LogP contribution in [0.15, 0.2) is 74.4 Å². The highest BCUT2D eigenvalue weighted by Crippen LogP contribution is 2.56. The predicted octanol–water partition coefficient (Wildman–Crippen LogP) is 7.37. The summed E-state index contributed by atoms with van der Waals surface area (Å²) in [5, 5.41) is 11.7. The number of likely N-dealkylation sites (N-methyl/N-ethyl adjacent to an activating group) is 1. The molecule has 2 heterocycles. The number of nitrogens with zero attached hydrogens (tertiary/aromatic N) is 3. The molecule has 1 aromatic heterocycles. The third-order valence-electron chi connectivity index (χ3n) is 8.90. The summed E-state index contributed by atoms with van der Waals surface area (Å²) in [5.74, 6) is 2.01. The Labute approximate surface area is 259 Å². The Kier molecular flexibility index (Phi) is 7.24. The van der Waals surface area contributed by atoms with Gasteiger partial charge in [0.2, 0.25) is 0 Å². The van der Waals surface area contributed by atoms with Crippen LogP contribution >= 0.6 is 34.8 Å². The molecular formula is C32H30Cl3N3O4. The van der Waals surface area contributed by atoms with E-state index in [0.717, 1.165) is 53.8 Å². The second-order valence-electron chi connectivity index (χ2n) is 11.6. The summed E-state index contributed by atoms with van der Waals surface area (Å²) in [6, 6.07) is 6.00. The maximum Gasteiger partial charge on any atom is 0.358 e. The molecule has 0 spiro atoms. The molecule has 5 atom stereocenters. The van der Waals surface area contributed by atoms with Gasteiger partial charge in [0, 0.05) is 28.6 Å². The Morgan fingerprint density at radius 3 is 2.74 bits per heavy atom. The van der Waals surface area contributed by atoms with E-state index >= 15 is 0 Å². The minimum absolute atomic E-state index is 0.0542. The number of hydrazone groups is 1. The highest BCUT2D eigenvalue weighted by atomic mass is 35.5. The molecular weight excluding hydrogens is 597 g/mol. The van der Waals surface area contributed by atoms with E-state index in [1.54, 1.807) is 0 Å². The van der Waals surface area contributed by atoms with Crippen molar-refractivity contribution in [2.45, 2.75) is 61.5 Å². The molecule has 10 heteroatoms. The van der Waals surface area contributed by atoms with E-state index in [9.17, 15) is 4.79 Å². The van der Waals surface area contributed by atoms with Gasteiger partial charge >= 0.3 is 5.97 Å². The number of allylic oxidation sites excluding steroid dienone is 6. The van der Waals surface area contributed by atoms with Crippen LogP contribution in [0.5, 0.6) is 5.75 Å². The number of carbonyl (C=O) groups excluding carboxylic acids is 1. The molecule has 42 heavy (non-hydrogen) atoms. The lowest BCUT2D eigenvalue weighted by Crippen LogP contribution is -2.28. The maximum atomic E-state index is 12.1. The van der Waals surface area contributed by atoms with Gasteiger partial charge in [-0.05, 0) is 61.3 Å². The number of halogens is 3. The van der Waals surface area contributed by atoms with E-state index in [4.69, 9.17) is 48.8 Å². The SMILES string of the molecule is COC(=O)C1=NN(C)C2CC(C3CC3c3ccc(OCc4c(C5C(Cl)=CC=CC5Cl)noc4C4CC4)cc3Cl)=CC=C12. The van der Waals surface area contributed by atoms with Gasteiger partial charge in [-0.3, -0.25) is 5.01 Å². The molecule has 2 saturated carbocycles. The zero-order chi connectivity index (χ0) is 29.1. The largest absolute Gasteiger partial charge is 0.489 e. The molecule has 0 amide bonds. The summed E-state index contributed by atoms with van der Waals surface area (Å²) in [6.45, 7) is 0.298. The first kappa shape index (κ1) is 27.8. The van der Waals surface area contributed by atoms with E-state index in [1.165, 1.54) is 12.7 Å². The summed E-state index contributed by atoms with van der Waals surface area (Å²) in [5.41, 5.74) is 5.45. The van der Waals surface area contributed by atoms with Crippen molar-refractivity contribution >= 4 is 46.5 Å². The van der Waals surface area contributed by atoms with Crippen molar-refractivity contribution in [1.82, 2.24) is 10.2 Å². The number of rotatable bonds is 8. The van der Waals surface area contributed by atoms with E-state index in [0.29, 0.717) is 45.9 Å². The average molecular weight is 627 g/mol. The van der Waals surface area contributed by atoms with Crippen LogP contribution in [0, 0.1) is 5.92 Å². The lowest BCUT2D eigenvalue weighted by molar-refractivity contribution is -0.132. The van der Waals surface area contributed by atoms with Crippen molar-refractivity contribution in [1.29, 1.82) is 0 Å². The van der Waals surface area contributed by atoms with Crippen molar-refractivity contribution in [3.63, 3.8) is 0 Å². The highest BCUT2D eigenvalue weighted by molar-refractivity contribution is 6.44. The number of hydrogen-bond donors (Lipinski definition) is 0. The molecule has 0 N–H and O–H groups in total. The fraction of sp³-hybridized carbons (Fsp3) is 0.406. The molecule has 4 aliphatic carbocycles. The average Bonchev–Trinajstić information content (AvgIpc) is 3.91. The molecule has 0 saturated heterocycles. The number of carbonyl (C=O) groups is 1. The van der Waals surface area contributed by atoms with Gasteiger partial charge in [-0.2, -0.15) is 5.10 Å². The van der Waals surface area contributed by atoms with Crippen LogP contribution in [0.2, 0.25) is 5.02 Å². The molecule has 7 nitrogen and oxygen atoms in total. The van der Waals surface area contributed by atoms with Crippen LogP contribution < -0.4 is 4.74 Å². The summed E-state index contributed by atoms with van der Waals surface area (Å²) < 4.78 is 17.0. The Bertz CT molecular complexity index is 1600. The minimum Gasteiger partial charge on any atom is -0.489 e. The van der Waals surface area contributed by atoms with Crippen LogP contribution in [0.4, 0.5) is 0 Å². The van der Waals surface area contributed by atoms with Gasteiger partial charge in [-0.1, -0.05) is 64.3 Å². The molecule has 7 rings (SSSR count). The monoisotopic (exact) mass is 625 g/mol. The van der Waals surface area contributed by atoms with Crippen LogP contribution in [0.25, 0.3) is 0 Å². The van der Waals surface area contributed by atoms with Crippen molar-refractivity contribution < 1.29 is 18.8 Å². The van der Waals surface area contributed by atoms with Gasteiger partial charge in [0.1, 0.15) is 23.8 Å². The first-order valence-corrected chi connectivity index (χ1v) is 15.4. The quantitative estimate of drug-likeness (QED) is 0.225. The van der Waals surface area contributed by atoms with E-state index in [1.807, 2.05) is 48.5 Å². The van der Waals surface area contributed by atoms with E-state index in [2.05, 4.69) is 22.4 Å². The molecule has 0 radical (unpaired) electrons. The Hall–Kier alpha value is -3.00. The first-order chi connectivity index (χ1) is 20.3. The van der Waals surface area contributed by atoms with Gasteiger partial charge in [-0.25, -0.2) is 4.79 Å². The first-order valence-electron chi connectivity index (χ1n) is 14.2. The minimum atomic E-state index is -0.398. The Morgan fingerprint density at radius 1 is 1.17 bits per heavy atom. The van der Waals surface area contributed by atoms with Crippen LogP contribution in [0.3, 0.4) is 0 Å². The van der Waals surface area contributed by atoms with Gasteiger partial charge < -0.3 is 14.0 Å². The van der Waals surface area contributed by atoms with Gasteiger partial charge in [-0.15, -0.1) is 11.6 Å².